The molecule has 0 saturated carbocycles. The largest absolute Gasteiger partial charge is 0.478 e. The highest BCUT2D eigenvalue weighted by Gasteiger charge is 2.40. The zero-order valence-corrected chi connectivity index (χ0v) is 11.1. The molecule has 1 aliphatic heterocycles. The SMILES string of the molecule is CN1CCC=C(C(=O)C(F)(F)F)C1.O=C(O)C=CC(=O)O. The van der Waals surface area contributed by atoms with E-state index < -0.39 is 23.9 Å². The maximum absolute atomic E-state index is 12.0. The van der Waals surface area contributed by atoms with E-state index in [2.05, 4.69) is 0 Å². The minimum absolute atomic E-state index is 0.0956. The molecule has 0 aromatic carbocycles. The molecule has 21 heavy (non-hydrogen) atoms. The summed E-state index contributed by atoms with van der Waals surface area (Å²) in [5.41, 5.74) is -0.138. The van der Waals surface area contributed by atoms with E-state index in [0.717, 1.165) is 0 Å². The average molecular weight is 309 g/mol. The van der Waals surface area contributed by atoms with Gasteiger partial charge in [-0.15, -0.1) is 0 Å². The minimum Gasteiger partial charge on any atom is -0.478 e. The monoisotopic (exact) mass is 309 g/mol. The number of carbonyl (C=O) groups is 3. The Balaban J connectivity index is 0.000000433. The molecular formula is C12H14F3NO5. The van der Waals surface area contributed by atoms with Crippen molar-refractivity contribution in [3.05, 3.63) is 23.8 Å². The van der Waals surface area contributed by atoms with Crippen molar-refractivity contribution in [3.8, 4) is 0 Å². The number of carboxylic acid groups (broad SMARTS) is 2. The molecule has 9 heteroatoms. The molecule has 0 aromatic heterocycles. The van der Waals surface area contributed by atoms with Gasteiger partial charge in [0.15, 0.2) is 0 Å². The van der Waals surface area contributed by atoms with Crippen LogP contribution in [-0.2, 0) is 14.4 Å². The van der Waals surface area contributed by atoms with E-state index in [0.29, 0.717) is 25.1 Å². The van der Waals surface area contributed by atoms with Gasteiger partial charge in [0.05, 0.1) is 0 Å². The van der Waals surface area contributed by atoms with Gasteiger partial charge < -0.3 is 15.1 Å². The molecule has 6 nitrogen and oxygen atoms in total. The van der Waals surface area contributed by atoms with Gasteiger partial charge in [-0.3, -0.25) is 4.79 Å². The Morgan fingerprint density at radius 1 is 1.19 bits per heavy atom. The van der Waals surface area contributed by atoms with Crippen LogP contribution >= 0.6 is 0 Å². The third-order valence-electron chi connectivity index (χ3n) is 2.26. The zero-order chi connectivity index (χ0) is 16.6. The van der Waals surface area contributed by atoms with Crippen LogP contribution in [0.5, 0.6) is 0 Å². The van der Waals surface area contributed by atoms with E-state index in [4.69, 9.17) is 10.2 Å². The molecule has 0 atom stereocenters. The molecule has 1 heterocycles. The maximum Gasteiger partial charge on any atom is 0.454 e. The number of carbonyl (C=O) groups excluding carboxylic acids is 1. The fourth-order valence-corrected chi connectivity index (χ4v) is 1.38. The summed E-state index contributed by atoms with van der Waals surface area (Å²) in [6.45, 7) is 0.799. The lowest BCUT2D eigenvalue weighted by Crippen LogP contribution is -2.34. The molecule has 0 unspecified atom stereocenters. The van der Waals surface area contributed by atoms with Gasteiger partial charge >= 0.3 is 18.1 Å². The lowest BCUT2D eigenvalue weighted by Gasteiger charge is -2.22. The Labute approximate surface area is 118 Å². The van der Waals surface area contributed by atoms with Crippen LogP contribution in [0.3, 0.4) is 0 Å². The summed E-state index contributed by atoms with van der Waals surface area (Å²) in [6.07, 6.45) is -1.74. The van der Waals surface area contributed by atoms with Gasteiger partial charge in [-0.1, -0.05) is 6.08 Å². The third-order valence-corrected chi connectivity index (χ3v) is 2.26. The number of carboxylic acids is 2. The Hall–Kier alpha value is -2.16. The van der Waals surface area contributed by atoms with E-state index in [-0.39, 0.29) is 12.1 Å². The molecule has 118 valence electrons. The van der Waals surface area contributed by atoms with Gasteiger partial charge in [-0.2, -0.15) is 13.2 Å². The van der Waals surface area contributed by atoms with Crippen molar-refractivity contribution in [1.82, 2.24) is 4.90 Å². The fourth-order valence-electron chi connectivity index (χ4n) is 1.38. The van der Waals surface area contributed by atoms with Crippen molar-refractivity contribution in [1.29, 1.82) is 0 Å². The number of hydrogen-bond donors (Lipinski definition) is 2. The number of alkyl halides is 3. The van der Waals surface area contributed by atoms with Crippen LogP contribution in [0.15, 0.2) is 23.8 Å². The van der Waals surface area contributed by atoms with Gasteiger partial charge in [0.1, 0.15) is 0 Å². The summed E-state index contributed by atoms with van der Waals surface area (Å²) in [4.78, 5) is 31.5. The quantitative estimate of drug-likeness (QED) is 0.758. The van der Waals surface area contributed by atoms with Gasteiger partial charge in [-0.05, 0) is 13.5 Å². The van der Waals surface area contributed by atoms with Crippen LogP contribution < -0.4 is 0 Å². The Morgan fingerprint density at radius 2 is 1.67 bits per heavy atom. The van der Waals surface area contributed by atoms with Gasteiger partial charge in [0.25, 0.3) is 5.78 Å². The smallest absolute Gasteiger partial charge is 0.454 e. The van der Waals surface area contributed by atoms with Crippen molar-refractivity contribution >= 4 is 17.7 Å². The highest BCUT2D eigenvalue weighted by Crippen LogP contribution is 2.22. The van der Waals surface area contributed by atoms with E-state index >= 15 is 0 Å². The molecule has 0 radical (unpaired) electrons. The lowest BCUT2D eigenvalue weighted by atomic mass is 10.1. The highest BCUT2D eigenvalue weighted by molar-refractivity contribution is 6.00. The first-order valence-corrected chi connectivity index (χ1v) is 5.67. The second kappa shape index (κ2) is 8.20. The van der Waals surface area contributed by atoms with Crippen LogP contribution in [0.1, 0.15) is 6.42 Å². The topological polar surface area (TPSA) is 94.9 Å². The lowest BCUT2D eigenvalue weighted by molar-refractivity contribution is -0.166. The predicted octanol–water partition coefficient (Wildman–Crippen LogP) is 1.09. The first kappa shape index (κ1) is 18.8. The number of Topliss-reactive ketones (excluding diaryl/α,β-unsaturated/α-hetero) is 1. The van der Waals surface area contributed by atoms with Crippen molar-refractivity contribution in [2.75, 3.05) is 20.1 Å². The van der Waals surface area contributed by atoms with E-state index in [1.54, 1.807) is 11.9 Å². The summed E-state index contributed by atoms with van der Waals surface area (Å²) in [5, 5.41) is 15.6. The Morgan fingerprint density at radius 3 is 2.00 bits per heavy atom. The molecule has 0 aliphatic carbocycles. The van der Waals surface area contributed by atoms with Crippen molar-refractivity contribution in [2.24, 2.45) is 0 Å². The number of ketones is 1. The summed E-state index contributed by atoms with van der Waals surface area (Å²) < 4.78 is 35.9. The normalized spacial score (nSPS) is 15.9. The molecule has 0 aromatic rings. The van der Waals surface area contributed by atoms with Crippen molar-refractivity contribution < 1.29 is 37.8 Å². The fraction of sp³-hybridized carbons (Fsp3) is 0.417. The molecular weight excluding hydrogens is 295 g/mol. The van der Waals surface area contributed by atoms with Crippen molar-refractivity contribution in [3.63, 3.8) is 0 Å². The van der Waals surface area contributed by atoms with Crippen molar-refractivity contribution in [2.45, 2.75) is 12.6 Å². The number of hydrogen-bond acceptors (Lipinski definition) is 4. The summed E-state index contributed by atoms with van der Waals surface area (Å²) in [5.74, 6) is -4.22. The molecule has 0 spiro atoms. The second-order valence-electron chi connectivity index (χ2n) is 4.09. The molecule has 2 N–H and O–H groups in total. The third kappa shape index (κ3) is 8.58. The molecule has 0 fully saturated rings. The summed E-state index contributed by atoms with van der Waals surface area (Å²) >= 11 is 0. The number of rotatable bonds is 3. The zero-order valence-electron chi connectivity index (χ0n) is 11.1. The van der Waals surface area contributed by atoms with E-state index in [9.17, 15) is 27.6 Å². The number of likely N-dealkylation sites (N-methyl/N-ethyl adjacent to an activating group) is 1. The average Bonchev–Trinajstić information content (AvgIpc) is 2.35. The van der Waals surface area contributed by atoms with Crippen LogP contribution in [0.25, 0.3) is 0 Å². The first-order valence-electron chi connectivity index (χ1n) is 5.67. The van der Waals surface area contributed by atoms with Gasteiger partial charge in [0, 0.05) is 30.8 Å². The van der Waals surface area contributed by atoms with Crippen LogP contribution in [0, 0.1) is 0 Å². The predicted molar refractivity (Wildman–Crippen MR) is 65.7 cm³/mol. The second-order valence-corrected chi connectivity index (χ2v) is 4.09. The number of aliphatic carboxylic acids is 2. The molecule has 0 amide bonds. The Bertz CT molecular complexity index is 452. The number of nitrogens with zero attached hydrogens (tertiary/aromatic N) is 1. The van der Waals surface area contributed by atoms with Crippen LogP contribution in [0.4, 0.5) is 13.2 Å². The summed E-state index contributed by atoms with van der Waals surface area (Å²) in [6, 6.07) is 0. The standard InChI is InChI=1S/C8H10F3NO.C4H4O4/c1-12-4-2-3-6(5-12)7(13)8(9,10)11;5-3(6)1-2-4(7)8/h3H,2,4-5H2,1H3;1-2H,(H,5,6)(H,7,8). The van der Waals surface area contributed by atoms with Crippen LogP contribution in [-0.4, -0.2) is 59.1 Å². The Kier molecular flexibility index (Phi) is 7.36. The molecule has 1 rings (SSSR count). The van der Waals surface area contributed by atoms with Gasteiger partial charge in [-0.25, -0.2) is 9.59 Å². The van der Waals surface area contributed by atoms with Crippen LogP contribution in [0.2, 0.25) is 0 Å². The maximum atomic E-state index is 12.0. The summed E-state index contributed by atoms with van der Waals surface area (Å²) in [7, 11) is 1.69. The minimum atomic E-state index is -4.73. The van der Waals surface area contributed by atoms with E-state index in [1.165, 1.54) is 6.08 Å². The molecule has 0 saturated heterocycles. The molecule has 1 aliphatic rings. The number of halogens is 3. The molecule has 0 bridgehead atoms. The van der Waals surface area contributed by atoms with Gasteiger partial charge in [0.2, 0.25) is 0 Å². The first-order chi connectivity index (χ1) is 9.54. The van der Waals surface area contributed by atoms with E-state index in [1.807, 2.05) is 0 Å². The highest BCUT2D eigenvalue weighted by atomic mass is 19.4.